The lowest BCUT2D eigenvalue weighted by Gasteiger charge is -2.12. The molecule has 0 fully saturated rings. The third-order valence-corrected chi connectivity index (χ3v) is 3.26. The highest BCUT2D eigenvalue weighted by atomic mass is 16.1. The number of para-hydroxylation sites is 2. The molecule has 1 aromatic heterocycles. The fourth-order valence-corrected chi connectivity index (χ4v) is 2.28. The van der Waals surface area contributed by atoms with Crippen LogP contribution in [0.2, 0.25) is 0 Å². The summed E-state index contributed by atoms with van der Waals surface area (Å²) in [6.45, 7) is 1.89. The first-order valence-electron chi connectivity index (χ1n) is 6.25. The first kappa shape index (κ1) is 12.3. The zero-order chi connectivity index (χ0) is 14.1. The van der Waals surface area contributed by atoms with Crippen molar-refractivity contribution in [1.82, 2.24) is 9.55 Å². The van der Waals surface area contributed by atoms with E-state index in [-0.39, 0.29) is 11.4 Å². The van der Waals surface area contributed by atoms with Gasteiger partial charge in [0.05, 0.1) is 16.6 Å². The molecule has 0 unspecified atom stereocenters. The van der Waals surface area contributed by atoms with Crippen molar-refractivity contribution < 1.29 is 4.79 Å². The van der Waals surface area contributed by atoms with Crippen LogP contribution in [0.15, 0.2) is 53.3 Å². The Hall–Kier alpha value is -2.75. The first-order chi connectivity index (χ1) is 9.72. The van der Waals surface area contributed by atoms with Gasteiger partial charge in [-0.05, 0) is 30.7 Å². The Labute approximate surface area is 115 Å². The number of rotatable bonds is 2. The van der Waals surface area contributed by atoms with Crippen LogP contribution in [0.3, 0.4) is 0 Å². The molecule has 1 heterocycles. The number of hydrogen-bond acceptors (Lipinski definition) is 3. The van der Waals surface area contributed by atoms with E-state index >= 15 is 0 Å². The van der Waals surface area contributed by atoms with E-state index < -0.39 is 0 Å². The zero-order valence-corrected chi connectivity index (χ0v) is 10.9. The van der Waals surface area contributed by atoms with Gasteiger partial charge in [0.25, 0.3) is 5.56 Å². The number of carbonyl (C=O) groups excluding carboxylic acids is 1. The van der Waals surface area contributed by atoms with Gasteiger partial charge in [-0.25, -0.2) is 4.98 Å². The second-order valence-corrected chi connectivity index (χ2v) is 4.53. The third-order valence-electron chi connectivity index (χ3n) is 3.26. The maximum absolute atomic E-state index is 12.6. The van der Waals surface area contributed by atoms with E-state index in [0.29, 0.717) is 22.9 Å². The van der Waals surface area contributed by atoms with Gasteiger partial charge < -0.3 is 0 Å². The molecule has 0 aliphatic carbocycles. The van der Waals surface area contributed by atoms with Gasteiger partial charge in [-0.2, -0.15) is 0 Å². The van der Waals surface area contributed by atoms with Crippen LogP contribution in [0.4, 0.5) is 0 Å². The van der Waals surface area contributed by atoms with Crippen LogP contribution in [-0.4, -0.2) is 15.8 Å². The van der Waals surface area contributed by atoms with Crippen LogP contribution >= 0.6 is 0 Å². The largest absolute Gasteiger partial charge is 0.294 e. The van der Waals surface area contributed by atoms with Crippen molar-refractivity contribution >= 4 is 17.2 Å². The topological polar surface area (TPSA) is 52.0 Å². The number of aromatic nitrogens is 2. The van der Waals surface area contributed by atoms with E-state index in [0.717, 1.165) is 5.56 Å². The summed E-state index contributed by atoms with van der Waals surface area (Å²) in [5.74, 6) is 0.114. The van der Waals surface area contributed by atoms with Gasteiger partial charge in [0.1, 0.15) is 0 Å². The molecule has 4 heteroatoms. The molecule has 0 amide bonds. The lowest BCUT2D eigenvalue weighted by Crippen LogP contribution is -2.24. The number of hydrogen-bond donors (Lipinski definition) is 0. The van der Waals surface area contributed by atoms with Crippen LogP contribution in [0.25, 0.3) is 16.6 Å². The summed E-state index contributed by atoms with van der Waals surface area (Å²) in [6, 6.07) is 14.4. The molecule has 0 radical (unpaired) electrons. The summed E-state index contributed by atoms with van der Waals surface area (Å²) < 4.78 is 1.37. The van der Waals surface area contributed by atoms with E-state index in [2.05, 4.69) is 4.98 Å². The number of fused-ring (bicyclic) bond motifs is 1. The van der Waals surface area contributed by atoms with Crippen LogP contribution < -0.4 is 5.56 Å². The van der Waals surface area contributed by atoms with Gasteiger partial charge in [0.15, 0.2) is 12.1 Å². The third kappa shape index (κ3) is 1.82. The van der Waals surface area contributed by atoms with Crippen LogP contribution in [0, 0.1) is 6.92 Å². The average molecular weight is 264 g/mol. The maximum Gasteiger partial charge on any atom is 0.266 e. The van der Waals surface area contributed by atoms with Gasteiger partial charge in [-0.1, -0.05) is 30.3 Å². The van der Waals surface area contributed by atoms with Gasteiger partial charge in [-0.3, -0.25) is 14.2 Å². The van der Waals surface area contributed by atoms with Crippen molar-refractivity contribution in [3.05, 3.63) is 70.3 Å². The van der Waals surface area contributed by atoms with Crippen LogP contribution in [0.1, 0.15) is 16.2 Å². The maximum atomic E-state index is 12.6. The molecule has 98 valence electrons. The van der Waals surface area contributed by atoms with Gasteiger partial charge in [0, 0.05) is 0 Å². The quantitative estimate of drug-likeness (QED) is 0.668. The molecule has 4 nitrogen and oxygen atoms in total. The predicted octanol–water partition coefficient (Wildman–Crippen LogP) is 2.51. The summed E-state index contributed by atoms with van der Waals surface area (Å²) in [5, 5.41) is 0.501. The number of nitrogens with zero attached hydrogens (tertiary/aromatic N) is 2. The van der Waals surface area contributed by atoms with Crippen molar-refractivity contribution in [2.45, 2.75) is 6.92 Å². The van der Waals surface area contributed by atoms with Crippen molar-refractivity contribution in [2.75, 3.05) is 0 Å². The molecule has 0 saturated carbocycles. The normalized spacial score (nSPS) is 10.7. The van der Waals surface area contributed by atoms with Crippen LogP contribution in [-0.2, 0) is 0 Å². The standard InChI is InChI=1S/C16H12N2O2/c1-11-6-2-5-9-14(11)18-15(10-19)17-13-8-4-3-7-12(13)16(18)20/h2-10H,1H3. The number of carbonyl (C=O) groups is 1. The second kappa shape index (κ2) is 4.74. The lowest BCUT2D eigenvalue weighted by molar-refractivity contribution is 0.111. The minimum absolute atomic E-state index is 0.114. The highest BCUT2D eigenvalue weighted by molar-refractivity contribution is 5.82. The van der Waals surface area contributed by atoms with Crippen molar-refractivity contribution in [1.29, 1.82) is 0 Å². The first-order valence-corrected chi connectivity index (χ1v) is 6.25. The SMILES string of the molecule is Cc1ccccc1-n1c(C=O)nc2ccccc2c1=O. The van der Waals surface area contributed by atoms with E-state index in [1.165, 1.54) is 4.57 Å². The molecule has 2 aromatic carbocycles. The molecule has 0 N–H and O–H groups in total. The molecule has 0 bridgehead atoms. The summed E-state index contributed by atoms with van der Waals surface area (Å²) in [7, 11) is 0. The van der Waals surface area contributed by atoms with E-state index in [9.17, 15) is 9.59 Å². The van der Waals surface area contributed by atoms with E-state index in [1.54, 1.807) is 30.3 Å². The molecule has 0 aliphatic heterocycles. The van der Waals surface area contributed by atoms with Gasteiger partial charge in [-0.15, -0.1) is 0 Å². The smallest absolute Gasteiger partial charge is 0.266 e. The molecular formula is C16H12N2O2. The minimum atomic E-state index is -0.230. The Kier molecular flexibility index (Phi) is 2.91. The summed E-state index contributed by atoms with van der Waals surface area (Å²) in [4.78, 5) is 28.2. The summed E-state index contributed by atoms with van der Waals surface area (Å²) in [6.07, 6.45) is 0.611. The van der Waals surface area contributed by atoms with Gasteiger partial charge >= 0.3 is 0 Å². The number of benzene rings is 2. The molecule has 0 atom stereocenters. The molecule has 20 heavy (non-hydrogen) atoms. The van der Waals surface area contributed by atoms with E-state index in [4.69, 9.17) is 0 Å². The van der Waals surface area contributed by atoms with Crippen molar-refractivity contribution in [3.63, 3.8) is 0 Å². The monoisotopic (exact) mass is 264 g/mol. The second-order valence-electron chi connectivity index (χ2n) is 4.53. The average Bonchev–Trinajstić information content (AvgIpc) is 2.48. The number of aldehydes is 1. The molecule has 3 aromatic rings. The fraction of sp³-hybridized carbons (Fsp3) is 0.0625. The Morgan fingerprint density at radius 3 is 2.50 bits per heavy atom. The van der Waals surface area contributed by atoms with Gasteiger partial charge in [0.2, 0.25) is 0 Å². The predicted molar refractivity (Wildman–Crippen MR) is 77.5 cm³/mol. The molecule has 0 spiro atoms. The Bertz CT molecular complexity index is 866. The van der Waals surface area contributed by atoms with Crippen LogP contribution in [0.5, 0.6) is 0 Å². The van der Waals surface area contributed by atoms with E-state index in [1.807, 2.05) is 25.1 Å². The highest BCUT2D eigenvalue weighted by Crippen LogP contribution is 2.15. The zero-order valence-electron chi connectivity index (χ0n) is 10.9. The lowest BCUT2D eigenvalue weighted by atomic mass is 10.2. The molecule has 0 aliphatic rings. The fourth-order valence-electron chi connectivity index (χ4n) is 2.28. The Morgan fingerprint density at radius 2 is 1.75 bits per heavy atom. The Balaban J connectivity index is 2.47. The highest BCUT2D eigenvalue weighted by Gasteiger charge is 2.12. The minimum Gasteiger partial charge on any atom is -0.294 e. The number of aryl methyl sites for hydroxylation is 1. The molecule has 3 rings (SSSR count). The summed E-state index contributed by atoms with van der Waals surface area (Å²) in [5.41, 5.74) is 1.89. The van der Waals surface area contributed by atoms with Crippen molar-refractivity contribution in [2.24, 2.45) is 0 Å². The van der Waals surface area contributed by atoms with Crippen molar-refractivity contribution in [3.8, 4) is 5.69 Å². The summed E-state index contributed by atoms with van der Waals surface area (Å²) >= 11 is 0. The molecule has 0 saturated heterocycles. The molecular weight excluding hydrogens is 252 g/mol. The Morgan fingerprint density at radius 1 is 1.05 bits per heavy atom.